The number of H-pyrrole nitrogens is 1. The Kier molecular flexibility index (Phi) is 5.18. The lowest BCUT2D eigenvalue weighted by Crippen LogP contribution is -2.10. The first-order valence-corrected chi connectivity index (χ1v) is 8.48. The van der Waals surface area contributed by atoms with Crippen LogP contribution in [0.5, 0.6) is 5.75 Å². The zero-order valence-corrected chi connectivity index (χ0v) is 13.8. The second kappa shape index (κ2) is 7.70. The summed E-state index contributed by atoms with van der Waals surface area (Å²) in [6, 6.07) is 19.3. The highest BCUT2D eigenvalue weighted by atomic mass is 32.2. The van der Waals surface area contributed by atoms with Crippen molar-refractivity contribution in [1.82, 2.24) is 9.97 Å². The lowest BCUT2D eigenvalue weighted by atomic mass is 10.1. The summed E-state index contributed by atoms with van der Waals surface area (Å²) >= 11 is 1.40. The molecule has 0 fully saturated rings. The lowest BCUT2D eigenvalue weighted by molar-refractivity contribution is 0.345. The minimum Gasteiger partial charge on any atom is -0.492 e. The number of aromatic nitrogens is 2. The summed E-state index contributed by atoms with van der Waals surface area (Å²) in [6.07, 6.45) is 0. The number of anilines is 1. The number of benzene rings is 2. The van der Waals surface area contributed by atoms with Crippen LogP contribution < -0.4 is 16.0 Å². The van der Waals surface area contributed by atoms with E-state index in [1.54, 1.807) is 0 Å². The number of nitrogens with two attached hydrogens (primary N) is 1. The van der Waals surface area contributed by atoms with Crippen molar-refractivity contribution in [3.8, 4) is 16.9 Å². The summed E-state index contributed by atoms with van der Waals surface area (Å²) in [5.41, 5.74) is 7.48. The monoisotopic (exact) mass is 339 g/mol. The van der Waals surface area contributed by atoms with Crippen LogP contribution in [0, 0.1) is 0 Å². The summed E-state index contributed by atoms with van der Waals surface area (Å²) in [7, 11) is 0. The molecule has 0 radical (unpaired) electrons. The number of hydrogen-bond acceptors (Lipinski definition) is 5. The van der Waals surface area contributed by atoms with E-state index in [1.165, 1.54) is 17.8 Å². The maximum atomic E-state index is 11.3. The van der Waals surface area contributed by atoms with Crippen molar-refractivity contribution in [1.29, 1.82) is 0 Å². The standard InChI is InChI=1S/C18H17N3O2S/c19-16-12-17(22)21-18(20-16)24-11-10-23-15-9-5-4-8-14(15)13-6-2-1-3-7-13/h1-9,12H,10-11H2,(H3,19,20,21,22). The molecule has 0 spiro atoms. The lowest BCUT2D eigenvalue weighted by Gasteiger charge is -2.11. The molecule has 5 nitrogen and oxygen atoms in total. The molecule has 0 unspecified atom stereocenters. The summed E-state index contributed by atoms with van der Waals surface area (Å²) in [4.78, 5) is 18.1. The Labute approximate surface area is 143 Å². The first kappa shape index (κ1) is 16.1. The van der Waals surface area contributed by atoms with Gasteiger partial charge in [-0.3, -0.25) is 4.79 Å². The van der Waals surface area contributed by atoms with Crippen LogP contribution in [0.2, 0.25) is 0 Å². The van der Waals surface area contributed by atoms with E-state index in [9.17, 15) is 4.79 Å². The molecule has 1 heterocycles. The van der Waals surface area contributed by atoms with Crippen LogP contribution in [0.1, 0.15) is 0 Å². The molecule has 0 atom stereocenters. The van der Waals surface area contributed by atoms with Crippen LogP contribution in [0.3, 0.4) is 0 Å². The van der Waals surface area contributed by atoms with Crippen molar-refractivity contribution in [2.24, 2.45) is 0 Å². The number of ether oxygens (including phenoxy) is 1. The van der Waals surface area contributed by atoms with Gasteiger partial charge in [0.1, 0.15) is 11.6 Å². The largest absolute Gasteiger partial charge is 0.492 e. The van der Waals surface area contributed by atoms with Gasteiger partial charge in [0.05, 0.1) is 6.61 Å². The van der Waals surface area contributed by atoms with Gasteiger partial charge in [-0.25, -0.2) is 4.98 Å². The van der Waals surface area contributed by atoms with Gasteiger partial charge in [-0.2, -0.15) is 0 Å². The van der Waals surface area contributed by atoms with Gasteiger partial charge in [0.25, 0.3) is 5.56 Å². The number of para-hydroxylation sites is 1. The Morgan fingerprint density at radius 3 is 2.62 bits per heavy atom. The van der Waals surface area contributed by atoms with Crippen molar-refractivity contribution in [3.05, 3.63) is 71.0 Å². The summed E-state index contributed by atoms with van der Waals surface area (Å²) in [5, 5.41) is 0.500. The molecule has 0 amide bonds. The molecule has 0 aliphatic rings. The molecular formula is C18H17N3O2S. The smallest absolute Gasteiger partial charge is 0.253 e. The van der Waals surface area contributed by atoms with Crippen molar-refractivity contribution >= 4 is 17.6 Å². The number of aromatic amines is 1. The maximum absolute atomic E-state index is 11.3. The van der Waals surface area contributed by atoms with Crippen LogP contribution >= 0.6 is 11.8 Å². The third-order valence-electron chi connectivity index (χ3n) is 3.29. The van der Waals surface area contributed by atoms with Crippen molar-refractivity contribution in [2.45, 2.75) is 5.16 Å². The fourth-order valence-corrected chi connectivity index (χ4v) is 2.96. The van der Waals surface area contributed by atoms with E-state index >= 15 is 0 Å². The highest BCUT2D eigenvalue weighted by Gasteiger charge is 2.06. The van der Waals surface area contributed by atoms with Crippen LogP contribution in [0.4, 0.5) is 5.82 Å². The van der Waals surface area contributed by atoms with E-state index in [0.29, 0.717) is 17.5 Å². The number of hydrogen-bond donors (Lipinski definition) is 2. The average molecular weight is 339 g/mol. The number of nitrogens with zero attached hydrogens (tertiary/aromatic N) is 1. The van der Waals surface area contributed by atoms with Gasteiger partial charge < -0.3 is 15.5 Å². The average Bonchev–Trinajstić information content (AvgIpc) is 2.59. The molecule has 3 N–H and O–H groups in total. The van der Waals surface area contributed by atoms with E-state index < -0.39 is 0 Å². The molecule has 0 aliphatic heterocycles. The fraction of sp³-hybridized carbons (Fsp3) is 0.111. The van der Waals surface area contributed by atoms with E-state index in [1.807, 2.05) is 42.5 Å². The zero-order chi connectivity index (χ0) is 16.8. The highest BCUT2D eigenvalue weighted by Crippen LogP contribution is 2.29. The Hall–Kier alpha value is -2.73. The molecule has 0 aliphatic carbocycles. The fourth-order valence-electron chi connectivity index (χ4n) is 2.26. The molecular weight excluding hydrogens is 322 g/mol. The van der Waals surface area contributed by atoms with Crippen LogP contribution in [0.25, 0.3) is 11.1 Å². The predicted molar refractivity (Wildman–Crippen MR) is 97.4 cm³/mol. The Morgan fingerprint density at radius 2 is 1.83 bits per heavy atom. The van der Waals surface area contributed by atoms with E-state index in [0.717, 1.165) is 16.9 Å². The molecule has 2 aromatic carbocycles. The number of nitrogen functional groups attached to an aromatic ring is 1. The Morgan fingerprint density at radius 1 is 1.08 bits per heavy atom. The van der Waals surface area contributed by atoms with Gasteiger partial charge in [0.2, 0.25) is 0 Å². The quantitative estimate of drug-likeness (QED) is 0.409. The predicted octanol–water partition coefficient (Wildman–Crippen LogP) is 3.19. The topological polar surface area (TPSA) is 81.0 Å². The number of rotatable bonds is 6. The van der Waals surface area contributed by atoms with Gasteiger partial charge in [0.15, 0.2) is 5.16 Å². The molecule has 6 heteroatoms. The normalized spacial score (nSPS) is 10.5. The molecule has 24 heavy (non-hydrogen) atoms. The number of thioether (sulfide) groups is 1. The molecule has 122 valence electrons. The van der Waals surface area contributed by atoms with Crippen LogP contribution in [0.15, 0.2) is 70.6 Å². The molecule has 0 saturated heterocycles. The van der Waals surface area contributed by atoms with Gasteiger partial charge in [-0.1, -0.05) is 60.3 Å². The number of nitrogens with one attached hydrogen (secondary N) is 1. The molecule has 3 aromatic rings. The second-order valence-electron chi connectivity index (χ2n) is 5.03. The Bertz CT molecular complexity index is 865. The van der Waals surface area contributed by atoms with Gasteiger partial charge in [0, 0.05) is 17.4 Å². The third kappa shape index (κ3) is 4.17. The highest BCUT2D eigenvalue weighted by molar-refractivity contribution is 7.99. The van der Waals surface area contributed by atoms with Gasteiger partial charge >= 0.3 is 0 Å². The summed E-state index contributed by atoms with van der Waals surface area (Å²) in [6.45, 7) is 0.493. The van der Waals surface area contributed by atoms with Gasteiger partial charge in [-0.15, -0.1) is 0 Å². The van der Waals surface area contributed by atoms with Crippen LogP contribution in [-0.4, -0.2) is 22.3 Å². The third-order valence-corrected chi connectivity index (χ3v) is 4.13. The summed E-state index contributed by atoms with van der Waals surface area (Å²) < 4.78 is 5.90. The minimum absolute atomic E-state index is 0.219. The second-order valence-corrected chi connectivity index (χ2v) is 6.12. The SMILES string of the molecule is Nc1cc(=O)[nH]c(SCCOc2ccccc2-c2ccccc2)n1. The van der Waals surface area contributed by atoms with E-state index in [2.05, 4.69) is 22.1 Å². The zero-order valence-electron chi connectivity index (χ0n) is 12.9. The van der Waals surface area contributed by atoms with Crippen LogP contribution in [-0.2, 0) is 0 Å². The maximum Gasteiger partial charge on any atom is 0.253 e. The van der Waals surface area contributed by atoms with Crippen molar-refractivity contribution in [2.75, 3.05) is 18.1 Å². The summed E-state index contributed by atoms with van der Waals surface area (Å²) in [5.74, 6) is 1.70. The minimum atomic E-state index is -0.250. The van der Waals surface area contributed by atoms with Crippen molar-refractivity contribution < 1.29 is 4.74 Å². The van der Waals surface area contributed by atoms with Crippen molar-refractivity contribution in [3.63, 3.8) is 0 Å². The molecule has 1 aromatic heterocycles. The molecule has 3 rings (SSSR count). The first-order chi connectivity index (χ1) is 11.7. The Balaban J connectivity index is 1.62. The molecule has 0 bridgehead atoms. The molecule has 0 saturated carbocycles. The van der Waals surface area contributed by atoms with E-state index in [4.69, 9.17) is 10.5 Å². The first-order valence-electron chi connectivity index (χ1n) is 7.49. The van der Waals surface area contributed by atoms with Gasteiger partial charge in [-0.05, 0) is 11.6 Å². The van der Waals surface area contributed by atoms with E-state index in [-0.39, 0.29) is 11.4 Å².